The quantitative estimate of drug-likeness (QED) is 0.819. The molecule has 2 rings (SSSR count). The predicted octanol–water partition coefficient (Wildman–Crippen LogP) is 2.37. The van der Waals surface area contributed by atoms with E-state index >= 15 is 0 Å². The highest BCUT2D eigenvalue weighted by molar-refractivity contribution is 7.92. The van der Waals surface area contributed by atoms with Crippen molar-refractivity contribution >= 4 is 27.6 Å². The Morgan fingerprint density at radius 2 is 1.40 bits per heavy atom. The fourth-order valence-corrected chi connectivity index (χ4v) is 3.19. The molecular formula is C17H17NO6S. The Bertz CT molecular complexity index is 903. The molecule has 0 spiro atoms. The van der Waals surface area contributed by atoms with Crippen molar-refractivity contribution in [2.75, 3.05) is 18.9 Å². The molecule has 0 heterocycles. The van der Waals surface area contributed by atoms with E-state index in [2.05, 4.69) is 14.2 Å². The van der Waals surface area contributed by atoms with Gasteiger partial charge in [-0.05, 0) is 48.9 Å². The van der Waals surface area contributed by atoms with Gasteiger partial charge >= 0.3 is 11.9 Å². The van der Waals surface area contributed by atoms with Crippen LogP contribution in [0.2, 0.25) is 0 Å². The van der Waals surface area contributed by atoms with E-state index < -0.39 is 22.0 Å². The summed E-state index contributed by atoms with van der Waals surface area (Å²) < 4.78 is 36.7. The number of hydrogen-bond donors (Lipinski definition) is 1. The molecule has 0 amide bonds. The number of carbonyl (C=O) groups is 2. The Morgan fingerprint density at radius 3 is 1.96 bits per heavy atom. The Balaban J connectivity index is 2.32. The van der Waals surface area contributed by atoms with Crippen molar-refractivity contribution < 1.29 is 27.5 Å². The largest absolute Gasteiger partial charge is 0.465 e. The van der Waals surface area contributed by atoms with E-state index in [4.69, 9.17) is 0 Å². The number of methoxy groups -OCH3 is 2. The third-order valence-corrected chi connectivity index (χ3v) is 4.87. The van der Waals surface area contributed by atoms with E-state index in [0.29, 0.717) is 5.56 Å². The second kappa shape index (κ2) is 7.35. The summed E-state index contributed by atoms with van der Waals surface area (Å²) in [5, 5.41) is 0. The number of ether oxygens (including phenoxy) is 2. The van der Waals surface area contributed by atoms with Gasteiger partial charge in [0.15, 0.2) is 0 Å². The zero-order valence-corrected chi connectivity index (χ0v) is 14.7. The molecule has 0 fully saturated rings. The first kappa shape index (κ1) is 18.5. The monoisotopic (exact) mass is 363 g/mol. The summed E-state index contributed by atoms with van der Waals surface area (Å²) in [6.45, 7) is 1.71. The normalized spacial score (nSPS) is 10.8. The van der Waals surface area contributed by atoms with Crippen LogP contribution in [0.25, 0.3) is 0 Å². The lowest BCUT2D eigenvalue weighted by Gasteiger charge is -2.12. The molecular weight excluding hydrogens is 346 g/mol. The average molecular weight is 363 g/mol. The maximum absolute atomic E-state index is 12.5. The van der Waals surface area contributed by atoms with Crippen molar-refractivity contribution in [3.63, 3.8) is 0 Å². The first-order chi connectivity index (χ1) is 11.8. The van der Waals surface area contributed by atoms with Gasteiger partial charge in [-0.15, -0.1) is 0 Å². The fraction of sp³-hybridized carbons (Fsp3) is 0.176. The highest BCUT2D eigenvalue weighted by atomic mass is 32.2. The second-order valence-corrected chi connectivity index (χ2v) is 6.83. The Morgan fingerprint density at radius 1 is 0.880 bits per heavy atom. The summed E-state index contributed by atoms with van der Waals surface area (Å²) in [6, 6.07) is 9.88. The lowest BCUT2D eigenvalue weighted by Crippen LogP contribution is -2.15. The van der Waals surface area contributed by atoms with E-state index in [1.165, 1.54) is 44.6 Å². The van der Waals surface area contributed by atoms with Crippen molar-refractivity contribution in [1.29, 1.82) is 0 Å². The molecule has 25 heavy (non-hydrogen) atoms. The minimum Gasteiger partial charge on any atom is -0.465 e. The van der Waals surface area contributed by atoms with Crippen molar-refractivity contribution in [3.05, 3.63) is 59.2 Å². The Hall–Kier alpha value is -2.87. The molecule has 132 valence electrons. The van der Waals surface area contributed by atoms with Gasteiger partial charge in [0, 0.05) is 0 Å². The SMILES string of the molecule is COC(=O)c1ccc(S(=O)(=O)Nc2cc(C(=O)OC)ccc2C)cc1. The third-order valence-electron chi connectivity index (χ3n) is 3.49. The van der Waals surface area contributed by atoms with Crippen LogP contribution in [-0.4, -0.2) is 34.6 Å². The van der Waals surface area contributed by atoms with Gasteiger partial charge in [-0.1, -0.05) is 6.07 Å². The molecule has 0 radical (unpaired) electrons. The maximum atomic E-state index is 12.5. The number of anilines is 1. The molecule has 0 saturated carbocycles. The van der Waals surface area contributed by atoms with Crippen molar-refractivity contribution in [3.8, 4) is 0 Å². The number of benzene rings is 2. The summed E-state index contributed by atoms with van der Waals surface area (Å²) in [4.78, 5) is 23.0. The molecule has 0 aromatic heterocycles. The number of esters is 2. The minimum atomic E-state index is -3.89. The van der Waals surface area contributed by atoms with E-state index in [0.717, 1.165) is 0 Å². The van der Waals surface area contributed by atoms with E-state index in [-0.39, 0.29) is 21.7 Å². The maximum Gasteiger partial charge on any atom is 0.337 e. The molecule has 2 aromatic rings. The Labute approximate surface area is 145 Å². The van der Waals surface area contributed by atoms with Gasteiger partial charge in [-0.25, -0.2) is 18.0 Å². The summed E-state index contributed by atoms with van der Waals surface area (Å²) in [5.74, 6) is -1.12. The number of rotatable bonds is 5. The van der Waals surface area contributed by atoms with Crippen LogP contribution in [-0.2, 0) is 19.5 Å². The molecule has 0 unspecified atom stereocenters. The molecule has 8 heteroatoms. The topological polar surface area (TPSA) is 98.8 Å². The molecule has 2 aromatic carbocycles. The van der Waals surface area contributed by atoms with Gasteiger partial charge in [0.25, 0.3) is 10.0 Å². The van der Waals surface area contributed by atoms with Crippen molar-refractivity contribution in [2.24, 2.45) is 0 Å². The molecule has 0 aliphatic heterocycles. The highest BCUT2D eigenvalue weighted by Crippen LogP contribution is 2.22. The third kappa shape index (κ3) is 4.16. The smallest absolute Gasteiger partial charge is 0.337 e. The van der Waals surface area contributed by atoms with Crippen LogP contribution in [0.1, 0.15) is 26.3 Å². The van der Waals surface area contributed by atoms with Crippen LogP contribution in [0.5, 0.6) is 0 Å². The zero-order valence-electron chi connectivity index (χ0n) is 13.9. The van der Waals surface area contributed by atoms with Crippen LogP contribution in [0, 0.1) is 6.92 Å². The molecule has 7 nitrogen and oxygen atoms in total. The summed E-state index contributed by atoms with van der Waals surface area (Å²) in [7, 11) is -1.40. The van der Waals surface area contributed by atoms with Crippen LogP contribution in [0.4, 0.5) is 5.69 Å². The van der Waals surface area contributed by atoms with Crippen LogP contribution < -0.4 is 4.72 Å². The number of carbonyl (C=O) groups excluding carboxylic acids is 2. The van der Waals surface area contributed by atoms with Crippen LogP contribution in [0.3, 0.4) is 0 Å². The van der Waals surface area contributed by atoms with Crippen LogP contribution in [0.15, 0.2) is 47.4 Å². The van der Waals surface area contributed by atoms with Crippen molar-refractivity contribution in [1.82, 2.24) is 0 Å². The summed E-state index contributed by atoms with van der Waals surface area (Å²) in [5.41, 5.74) is 1.37. The van der Waals surface area contributed by atoms with Crippen molar-refractivity contribution in [2.45, 2.75) is 11.8 Å². The molecule has 0 aliphatic carbocycles. The Kier molecular flexibility index (Phi) is 5.43. The highest BCUT2D eigenvalue weighted by Gasteiger charge is 2.17. The lowest BCUT2D eigenvalue weighted by atomic mass is 10.1. The molecule has 0 aliphatic rings. The second-order valence-electron chi connectivity index (χ2n) is 5.14. The first-order valence-corrected chi connectivity index (χ1v) is 8.67. The average Bonchev–Trinajstić information content (AvgIpc) is 2.62. The van der Waals surface area contributed by atoms with Gasteiger partial charge in [-0.2, -0.15) is 0 Å². The van der Waals surface area contributed by atoms with Gasteiger partial charge in [0.05, 0.1) is 35.9 Å². The van der Waals surface area contributed by atoms with Gasteiger partial charge in [-0.3, -0.25) is 4.72 Å². The summed E-state index contributed by atoms with van der Waals surface area (Å²) in [6.07, 6.45) is 0. The number of hydrogen-bond acceptors (Lipinski definition) is 6. The zero-order chi connectivity index (χ0) is 18.6. The number of sulfonamides is 1. The summed E-state index contributed by atoms with van der Waals surface area (Å²) >= 11 is 0. The fourth-order valence-electron chi connectivity index (χ4n) is 2.07. The van der Waals surface area contributed by atoms with Gasteiger partial charge < -0.3 is 9.47 Å². The van der Waals surface area contributed by atoms with Gasteiger partial charge in [0.2, 0.25) is 0 Å². The van der Waals surface area contributed by atoms with E-state index in [1.807, 2.05) is 0 Å². The number of nitrogens with one attached hydrogen (secondary N) is 1. The number of aryl methyl sites for hydroxylation is 1. The van der Waals surface area contributed by atoms with E-state index in [1.54, 1.807) is 19.1 Å². The standard InChI is InChI=1S/C17H17NO6S/c1-11-4-5-13(17(20)24-3)10-15(11)18-25(21,22)14-8-6-12(7-9-14)16(19)23-2/h4-10,18H,1-3H3. The molecule has 0 saturated heterocycles. The molecule has 0 atom stereocenters. The predicted molar refractivity (Wildman–Crippen MR) is 91.1 cm³/mol. The van der Waals surface area contributed by atoms with Gasteiger partial charge in [0.1, 0.15) is 0 Å². The lowest BCUT2D eigenvalue weighted by molar-refractivity contribution is 0.0592. The minimum absolute atomic E-state index is 0.0250. The van der Waals surface area contributed by atoms with Crippen LogP contribution >= 0.6 is 0 Å². The molecule has 1 N–H and O–H groups in total. The first-order valence-electron chi connectivity index (χ1n) is 7.18. The molecule has 0 bridgehead atoms. The van der Waals surface area contributed by atoms with E-state index in [9.17, 15) is 18.0 Å².